The minimum absolute atomic E-state index is 0.472. The highest BCUT2D eigenvalue weighted by Gasteiger charge is 2.50. The van der Waals surface area contributed by atoms with Crippen LogP contribution in [0.2, 0.25) is 0 Å². The van der Waals surface area contributed by atoms with Gasteiger partial charge in [0.05, 0.1) is 16.8 Å². The van der Waals surface area contributed by atoms with E-state index in [-0.39, 0.29) is 0 Å². The fraction of sp³-hybridized carbons (Fsp3) is 0.0222. The first-order chi connectivity index (χ1) is 23.8. The molecular formula is C45H28N2S. The Balaban J connectivity index is 1.27. The van der Waals surface area contributed by atoms with Crippen molar-refractivity contribution in [2.45, 2.75) is 15.2 Å². The van der Waals surface area contributed by atoms with Gasteiger partial charge in [-0.05, 0) is 62.4 Å². The SMILES string of the molecule is c1ccc(-c2cc(-c3ccc4c(c3)C3(c5ccccc5-c5ccccc53)c3ccc5ccccc5c3S4)nc(-c3ccccc3)n2)cc1. The summed E-state index contributed by atoms with van der Waals surface area (Å²) in [6, 6.07) is 61.3. The van der Waals surface area contributed by atoms with E-state index in [4.69, 9.17) is 9.97 Å². The Hall–Kier alpha value is -5.77. The van der Waals surface area contributed by atoms with Crippen LogP contribution in [0.1, 0.15) is 22.3 Å². The summed E-state index contributed by atoms with van der Waals surface area (Å²) in [7, 11) is 0. The van der Waals surface area contributed by atoms with Crippen LogP contribution in [0, 0.1) is 0 Å². The highest BCUT2D eigenvalue weighted by molar-refractivity contribution is 7.99. The maximum Gasteiger partial charge on any atom is 0.160 e. The molecule has 48 heavy (non-hydrogen) atoms. The molecule has 0 fully saturated rings. The second kappa shape index (κ2) is 10.6. The lowest BCUT2D eigenvalue weighted by atomic mass is 9.66. The van der Waals surface area contributed by atoms with Gasteiger partial charge in [-0.3, -0.25) is 0 Å². The molecular weight excluding hydrogens is 601 g/mol. The van der Waals surface area contributed by atoms with Crippen molar-refractivity contribution in [1.82, 2.24) is 9.97 Å². The van der Waals surface area contributed by atoms with Gasteiger partial charge < -0.3 is 0 Å². The standard InChI is InChI=1S/C45H28N2S/c1-3-14-30(15-4-1)40-28-41(47-44(46-40)31-16-5-2-6-17-31)32-24-26-42-39(27-32)45(38-25-23-29-13-7-8-18-33(29)43(38)48-42)36-21-11-9-19-34(36)35-20-10-12-22-37(35)45/h1-28H. The maximum atomic E-state index is 5.22. The Morgan fingerprint density at radius 3 is 1.75 bits per heavy atom. The van der Waals surface area contributed by atoms with Crippen LogP contribution in [-0.4, -0.2) is 9.97 Å². The normalized spacial score (nSPS) is 13.5. The third kappa shape index (κ3) is 3.95. The smallest absolute Gasteiger partial charge is 0.160 e. The monoisotopic (exact) mass is 628 g/mol. The van der Waals surface area contributed by atoms with Crippen LogP contribution < -0.4 is 0 Å². The molecule has 0 radical (unpaired) electrons. The molecule has 0 saturated heterocycles. The van der Waals surface area contributed by atoms with Gasteiger partial charge in [-0.25, -0.2) is 9.97 Å². The van der Waals surface area contributed by atoms with Crippen LogP contribution >= 0.6 is 11.8 Å². The minimum Gasteiger partial charge on any atom is -0.228 e. The van der Waals surface area contributed by atoms with Crippen LogP contribution in [-0.2, 0) is 5.41 Å². The van der Waals surface area contributed by atoms with Crippen LogP contribution in [0.5, 0.6) is 0 Å². The number of hydrogen-bond donors (Lipinski definition) is 0. The molecule has 0 N–H and O–H groups in total. The molecule has 7 aromatic carbocycles. The van der Waals surface area contributed by atoms with Crippen molar-refractivity contribution in [1.29, 1.82) is 0 Å². The lowest BCUT2D eigenvalue weighted by Crippen LogP contribution is -2.32. The van der Waals surface area contributed by atoms with E-state index in [1.807, 2.05) is 36.0 Å². The molecule has 0 atom stereocenters. The average Bonchev–Trinajstić information content (AvgIpc) is 3.46. The van der Waals surface area contributed by atoms with E-state index in [2.05, 4.69) is 146 Å². The highest BCUT2D eigenvalue weighted by atomic mass is 32.2. The summed E-state index contributed by atoms with van der Waals surface area (Å²) in [5.74, 6) is 0.724. The van der Waals surface area contributed by atoms with Crippen molar-refractivity contribution in [3.63, 3.8) is 0 Å². The van der Waals surface area contributed by atoms with E-state index < -0.39 is 5.41 Å². The third-order valence-electron chi connectivity index (χ3n) is 9.95. The molecule has 8 aromatic rings. The zero-order valence-corrected chi connectivity index (χ0v) is 26.8. The molecule has 1 aromatic heterocycles. The summed E-state index contributed by atoms with van der Waals surface area (Å²) in [5, 5.41) is 2.56. The van der Waals surface area contributed by atoms with E-state index >= 15 is 0 Å². The van der Waals surface area contributed by atoms with Crippen molar-refractivity contribution in [2.75, 3.05) is 0 Å². The largest absolute Gasteiger partial charge is 0.228 e. The average molecular weight is 629 g/mol. The van der Waals surface area contributed by atoms with E-state index in [1.165, 1.54) is 53.9 Å². The number of rotatable bonds is 3. The number of nitrogens with zero attached hydrogens (tertiary/aromatic N) is 2. The second-order valence-corrected chi connectivity index (χ2v) is 13.6. The van der Waals surface area contributed by atoms with Crippen LogP contribution in [0.15, 0.2) is 180 Å². The summed E-state index contributed by atoms with van der Waals surface area (Å²) in [4.78, 5) is 12.9. The Bertz CT molecular complexity index is 2440. The molecule has 1 aliphatic heterocycles. The van der Waals surface area contributed by atoms with Gasteiger partial charge in [0.15, 0.2) is 5.82 Å². The molecule has 1 aliphatic carbocycles. The summed E-state index contributed by atoms with van der Waals surface area (Å²) in [6.45, 7) is 0. The summed E-state index contributed by atoms with van der Waals surface area (Å²) in [5.41, 5.74) is 12.4. The molecule has 2 nitrogen and oxygen atoms in total. The van der Waals surface area contributed by atoms with Crippen LogP contribution in [0.4, 0.5) is 0 Å². The number of aromatic nitrogens is 2. The Morgan fingerprint density at radius 2 is 1.02 bits per heavy atom. The number of benzene rings is 7. The lowest BCUT2D eigenvalue weighted by molar-refractivity contribution is 0.726. The van der Waals surface area contributed by atoms with Gasteiger partial charge in [0, 0.05) is 26.5 Å². The quantitative estimate of drug-likeness (QED) is 0.195. The number of hydrogen-bond acceptors (Lipinski definition) is 3. The predicted octanol–water partition coefficient (Wildman–Crippen LogP) is 11.5. The topological polar surface area (TPSA) is 25.8 Å². The fourth-order valence-corrected chi connectivity index (χ4v) is 9.16. The van der Waals surface area contributed by atoms with Gasteiger partial charge in [-0.1, -0.05) is 163 Å². The predicted molar refractivity (Wildman–Crippen MR) is 197 cm³/mol. The van der Waals surface area contributed by atoms with Crippen molar-refractivity contribution in [3.05, 3.63) is 192 Å². The zero-order chi connectivity index (χ0) is 31.7. The van der Waals surface area contributed by atoms with Gasteiger partial charge >= 0.3 is 0 Å². The summed E-state index contributed by atoms with van der Waals surface area (Å²) < 4.78 is 0. The first-order valence-electron chi connectivity index (χ1n) is 16.3. The van der Waals surface area contributed by atoms with Crippen LogP contribution in [0.25, 0.3) is 55.8 Å². The Labute approximate surface area is 283 Å². The van der Waals surface area contributed by atoms with E-state index in [9.17, 15) is 0 Å². The van der Waals surface area contributed by atoms with E-state index in [0.717, 1.165) is 33.9 Å². The molecule has 0 amide bonds. The van der Waals surface area contributed by atoms with Crippen LogP contribution in [0.3, 0.4) is 0 Å². The molecule has 1 spiro atoms. The van der Waals surface area contributed by atoms with E-state index in [0.29, 0.717) is 0 Å². The molecule has 0 saturated carbocycles. The Kier molecular flexibility index (Phi) is 6.06. The maximum absolute atomic E-state index is 5.22. The Morgan fingerprint density at radius 1 is 0.417 bits per heavy atom. The van der Waals surface area contributed by atoms with Crippen molar-refractivity contribution in [2.24, 2.45) is 0 Å². The molecule has 3 heteroatoms. The number of fused-ring (bicyclic) bond motifs is 11. The van der Waals surface area contributed by atoms with Crippen molar-refractivity contribution in [3.8, 4) is 45.0 Å². The summed E-state index contributed by atoms with van der Waals surface area (Å²) >= 11 is 1.89. The second-order valence-electron chi connectivity index (χ2n) is 12.5. The van der Waals surface area contributed by atoms with Gasteiger partial charge in [0.2, 0.25) is 0 Å². The third-order valence-corrected chi connectivity index (χ3v) is 11.2. The zero-order valence-electron chi connectivity index (χ0n) is 26.0. The van der Waals surface area contributed by atoms with Gasteiger partial charge in [0.1, 0.15) is 0 Å². The van der Waals surface area contributed by atoms with Gasteiger partial charge in [-0.15, -0.1) is 0 Å². The van der Waals surface area contributed by atoms with Gasteiger partial charge in [-0.2, -0.15) is 0 Å². The molecule has 2 aliphatic rings. The van der Waals surface area contributed by atoms with Gasteiger partial charge in [0.25, 0.3) is 0 Å². The molecule has 0 bridgehead atoms. The lowest BCUT2D eigenvalue weighted by Gasteiger charge is -2.40. The first-order valence-corrected chi connectivity index (χ1v) is 17.1. The summed E-state index contributed by atoms with van der Waals surface area (Å²) in [6.07, 6.45) is 0. The molecule has 224 valence electrons. The molecule has 0 unspecified atom stereocenters. The molecule has 2 heterocycles. The van der Waals surface area contributed by atoms with Crippen molar-refractivity contribution < 1.29 is 0 Å². The van der Waals surface area contributed by atoms with Crippen molar-refractivity contribution >= 4 is 22.5 Å². The minimum atomic E-state index is -0.472. The fourth-order valence-electron chi connectivity index (χ4n) is 7.86. The highest BCUT2D eigenvalue weighted by Crippen LogP contribution is 2.63. The molecule has 10 rings (SSSR count). The van der Waals surface area contributed by atoms with E-state index in [1.54, 1.807) is 0 Å². The first kappa shape index (κ1) is 27.4.